The molecule has 1 aromatic carbocycles. The molecule has 1 amide bonds. The number of carbonyl (C=O) groups excluding carboxylic acids is 1. The minimum atomic E-state index is -1.21. The van der Waals surface area contributed by atoms with Crippen LogP contribution in [0.15, 0.2) is 18.2 Å². The second-order valence-corrected chi connectivity index (χ2v) is 3.56. The maximum Gasteiger partial charge on any atom is 0.337 e. The number of nitrogens with zero attached hydrogens (tertiary/aromatic N) is 3. The van der Waals surface area contributed by atoms with Gasteiger partial charge < -0.3 is 10.4 Å². The van der Waals surface area contributed by atoms with E-state index in [1.165, 1.54) is 18.2 Å². The van der Waals surface area contributed by atoms with Gasteiger partial charge in [0.2, 0.25) is 0 Å². The van der Waals surface area contributed by atoms with Crippen LogP contribution in [0.5, 0.6) is 0 Å². The van der Waals surface area contributed by atoms with Gasteiger partial charge in [0.15, 0.2) is 0 Å². The lowest BCUT2D eigenvalue weighted by Crippen LogP contribution is -2.16. The number of anilines is 1. The highest BCUT2D eigenvalue weighted by Gasteiger charge is 2.18. The van der Waals surface area contributed by atoms with Crippen molar-refractivity contribution in [3.63, 3.8) is 0 Å². The summed E-state index contributed by atoms with van der Waals surface area (Å²) in [5, 5.41) is 23.7. The Bertz CT molecular complexity index is 598. The van der Waals surface area contributed by atoms with Crippen molar-refractivity contribution in [3.8, 4) is 0 Å². The maximum absolute atomic E-state index is 11.7. The fraction of sp³-hybridized carbons (Fsp3) is 0. The van der Waals surface area contributed by atoms with Crippen molar-refractivity contribution >= 4 is 29.2 Å². The van der Waals surface area contributed by atoms with Crippen LogP contribution in [0.25, 0.3) is 0 Å². The Labute approximate surface area is 105 Å². The van der Waals surface area contributed by atoms with Gasteiger partial charge in [-0.3, -0.25) is 4.79 Å². The Hall–Kier alpha value is -2.48. The highest BCUT2D eigenvalue weighted by molar-refractivity contribution is 6.34. The first-order valence-corrected chi connectivity index (χ1v) is 5.04. The SMILES string of the molecule is O=C(Nc1c(Cl)cccc1C(=O)O)c1nn[nH]n1. The lowest BCUT2D eigenvalue weighted by molar-refractivity contribution is 0.0698. The molecule has 0 aliphatic rings. The molecule has 0 saturated heterocycles. The van der Waals surface area contributed by atoms with Crippen LogP contribution in [0.2, 0.25) is 5.02 Å². The second-order valence-electron chi connectivity index (χ2n) is 3.16. The lowest BCUT2D eigenvalue weighted by Gasteiger charge is -2.08. The third-order valence-electron chi connectivity index (χ3n) is 2.03. The summed E-state index contributed by atoms with van der Waals surface area (Å²) < 4.78 is 0. The van der Waals surface area contributed by atoms with Gasteiger partial charge in [-0.05, 0) is 17.3 Å². The predicted octanol–water partition coefficient (Wildman–Crippen LogP) is 0.804. The molecule has 18 heavy (non-hydrogen) atoms. The van der Waals surface area contributed by atoms with Gasteiger partial charge in [-0.25, -0.2) is 4.79 Å². The van der Waals surface area contributed by atoms with E-state index in [1.807, 2.05) is 0 Å². The van der Waals surface area contributed by atoms with E-state index in [0.717, 1.165) is 0 Å². The summed E-state index contributed by atoms with van der Waals surface area (Å²) in [4.78, 5) is 22.6. The molecule has 0 saturated carbocycles. The van der Waals surface area contributed by atoms with Crippen molar-refractivity contribution in [3.05, 3.63) is 34.6 Å². The number of tetrazole rings is 1. The zero-order valence-corrected chi connectivity index (χ0v) is 9.47. The van der Waals surface area contributed by atoms with E-state index in [4.69, 9.17) is 16.7 Å². The summed E-state index contributed by atoms with van der Waals surface area (Å²) in [5.41, 5.74) is -0.138. The number of carboxylic acids is 1. The van der Waals surface area contributed by atoms with E-state index < -0.39 is 11.9 Å². The van der Waals surface area contributed by atoms with Crippen molar-refractivity contribution in [1.29, 1.82) is 0 Å². The number of rotatable bonds is 3. The Kier molecular flexibility index (Phi) is 3.20. The third kappa shape index (κ3) is 2.28. The number of para-hydroxylation sites is 1. The number of aromatic carboxylic acids is 1. The lowest BCUT2D eigenvalue weighted by atomic mass is 10.2. The number of hydrogen-bond donors (Lipinski definition) is 3. The average Bonchev–Trinajstić information content (AvgIpc) is 2.85. The molecule has 8 nitrogen and oxygen atoms in total. The Balaban J connectivity index is 2.34. The number of halogens is 1. The number of H-pyrrole nitrogens is 1. The van der Waals surface area contributed by atoms with Crippen LogP contribution in [-0.2, 0) is 0 Å². The molecular weight excluding hydrogens is 262 g/mol. The van der Waals surface area contributed by atoms with Gasteiger partial charge in [0.1, 0.15) is 0 Å². The van der Waals surface area contributed by atoms with Crippen LogP contribution >= 0.6 is 11.6 Å². The van der Waals surface area contributed by atoms with E-state index in [9.17, 15) is 9.59 Å². The molecule has 0 atom stereocenters. The number of carbonyl (C=O) groups is 2. The molecule has 0 spiro atoms. The van der Waals surface area contributed by atoms with Crippen LogP contribution in [0.4, 0.5) is 5.69 Å². The highest BCUT2D eigenvalue weighted by atomic mass is 35.5. The summed E-state index contributed by atoms with van der Waals surface area (Å²) >= 11 is 5.84. The predicted molar refractivity (Wildman–Crippen MR) is 60.5 cm³/mol. The minimum absolute atomic E-state index is 0.0125. The molecule has 2 rings (SSSR count). The van der Waals surface area contributed by atoms with Crippen LogP contribution in [-0.4, -0.2) is 37.6 Å². The molecule has 1 aromatic heterocycles. The number of hydrogen-bond acceptors (Lipinski definition) is 5. The molecule has 9 heteroatoms. The standard InChI is InChI=1S/C9H6ClN5O3/c10-5-3-1-2-4(9(17)18)6(5)11-8(16)7-12-14-15-13-7/h1-3H,(H,11,16)(H,17,18)(H,12,13,14,15). The number of benzene rings is 1. The summed E-state index contributed by atoms with van der Waals surface area (Å²) in [6.07, 6.45) is 0. The molecule has 0 radical (unpaired) electrons. The van der Waals surface area contributed by atoms with Crippen molar-refractivity contribution in [2.24, 2.45) is 0 Å². The molecule has 0 aliphatic carbocycles. The van der Waals surface area contributed by atoms with Gasteiger partial charge in [-0.1, -0.05) is 17.7 Å². The van der Waals surface area contributed by atoms with Crippen molar-refractivity contribution in [1.82, 2.24) is 20.6 Å². The Morgan fingerprint density at radius 2 is 2.17 bits per heavy atom. The molecular formula is C9H6ClN5O3. The van der Waals surface area contributed by atoms with E-state index in [1.54, 1.807) is 0 Å². The smallest absolute Gasteiger partial charge is 0.337 e. The van der Waals surface area contributed by atoms with Crippen LogP contribution in [0, 0.1) is 0 Å². The first-order chi connectivity index (χ1) is 8.59. The summed E-state index contributed by atoms with van der Waals surface area (Å²) in [7, 11) is 0. The fourth-order valence-electron chi connectivity index (χ4n) is 1.26. The van der Waals surface area contributed by atoms with E-state index in [2.05, 4.69) is 25.9 Å². The number of amides is 1. The van der Waals surface area contributed by atoms with Crippen LogP contribution < -0.4 is 5.32 Å². The zero-order chi connectivity index (χ0) is 13.1. The minimum Gasteiger partial charge on any atom is -0.478 e. The third-order valence-corrected chi connectivity index (χ3v) is 2.35. The molecule has 0 unspecified atom stereocenters. The maximum atomic E-state index is 11.7. The van der Waals surface area contributed by atoms with Gasteiger partial charge in [0, 0.05) is 0 Å². The normalized spacial score (nSPS) is 10.1. The van der Waals surface area contributed by atoms with Gasteiger partial charge in [0.25, 0.3) is 11.7 Å². The zero-order valence-electron chi connectivity index (χ0n) is 8.72. The van der Waals surface area contributed by atoms with Crippen molar-refractivity contribution in [2.75, 3.05) is 5.32 Å². The molecule has 3 N–H and O–H groups in total. The number of aromatic nitrogens is 4. The van der Waals surface area contributed by atoms with Crippen LogP contribution in [0.1, 0.15) is 21.0 Å². The summed E-state index contributed by atoms with van der Waals surface area (Å²) in [6, 6.07) is 4.25. The number of carboxylic acid groups (broad SMARTS) is 1. The van der Waals surface area contributed by atoms with Crippen molar-refractivity contribution < 1.29 is 14.7 Å². The van der Waals surface area contributed by atoms with Gasteiger partial charge in [0.05, 0.1) is 16.3 Å². The molecule has 0 bridgehead atoms. The molecule has 0 aliphatic heterocycles. The van der Waals surface area contributed by atoms with E-state index >= 15 is 0 Å². The average molecular weight is 268 g/mol. The topological polar surface area (TPSA) is 121 Å². The molecule has 1 heterocycles. The molecule has 2 aromatic rings. The summed E-state index contributed by atoms with van der Waals surface area (Å²) in [6.45, 7) is 0. The largest absolute Gasteiger partial charge is 0.478 e. The van der Waals surface area contributed by atoms with Gasteiger partial charge >= 0.3 is 5.97 Å². The van der Waals surface area contributed by atoms with Gasteiger partial charge in [-0.15, -0.1) is 10.2 Å². The quantitative estimate of drug-likeness (QED) is 0.756. The Morgan fingerprint density at radius 1 is 1.39 bits per heavy atom. The van der Waals surface area contributed by atoms with E-state index in [-0.39, 0.29) is 22.1 Å². The monoisotopic (exact) mass is 267 g/mol. The van der Waals surface area contributed by atoms with Crippen LogP contribution in [0.3, 0.4) is 0 Å². The second kappa shape index (κ2) is 4.80. The first-order valence-electron chi connectivity index (χ1n) is 4.66. The number of nitrogens with one attached hydrogen (secondary N) is 2. The summed E-state index contributed by atoms with van der Waals surface area (Å²) in [5.74, 6) is -2.13. The Morgan fingerprint density at radius 3 is 2.78 bits per heavy atom. The highest BCUT2D eigenvalue weighted by Crippen LogP contribution is 2.26. The molecule has 0 fully saturated rings. The number of aromatic amines is 1. The molecule has 92 valence electrons. The fourth-order valence-corrected chi connectivity index (χ4v) is 1.48. The van der Waals surface area contributed by atoms with Crippen molar-refractivity contribution in [2.45, 2.75) is 0 Å². The van der Waals surface area contributed by atoms with Gasteiger partial charge in [-0.2, -0.15) is 5.21 Å². The first kappa shape index (κ1) is 12.0. The van der Waals surface area contributed by atoms with E-state index in [0.29, 0.717) is 0 Å².